The third kappa shape index (κ3) is 4.83. The van der Waals surface area contributed by atoms with Crippen LogP contribution in [0.4, 0.5) is 0 Å². The molecule has 0 aromatic rings. The van der Waals surface area contributed by atoms with Crippen LogP contribution in [-0.2, 0) is 14.3 Å². The van der Waals surface area contributed by atoms with E-state index in [1.165, 1.54) is 0 Å². The van der Waals surface area contributed by atoms with Gasteiger partial charge in [-0.25, -0.2) is 4.79 Å². The minimum Gasteiger partial charge on any atom is -0.461 e. The second kappa shape index (κ2) is 8.34. The highest BCUT2D eigenvalue weighted by Gasteiger charge is 2.49. The lowest BCUT2D eigenvalue weighted by Crippen LogP contribution is -2.51. The molecule has 0 spiro atoms. The number of fused-ring (bicyclic) bond motifs is 2. The number of hydrogen-bond acceptors (Lipinski definition) is 4. The Kier molecular flexibility index (Phi) is 7.33. The Morgan fingerprint density at radius 1 is 1.17 bits per heavy atom. The molecule has 5 atom stereocenters. The Bertz CT molecular complexity index is 426. The molecule has 0 radical (unpaired) electrons. The normalized spacial score (nSPS) is 30.2. The molecule has 2 bridgehead atoms. The van der Waals surface area contributed by atoms with Gasteiger partial charge in [0.1, 0.15) is 6.04 Å². The molecule has 3 N–H and O–H groups in total. The number of amides is 1. The minimum atomic E-state index is -0.568. The van der Waals surface area contributed by atoms with E-state index in [-0.39, 0.29) is 42.3 Å². The molecule has 0 aromatic carbocycles. The van der Waals surface area contributed by atoms with Crippen LogP contribution in [-0.4, -0.2) is 30.1 Å². The lowest BCUT2D eigenvalue weighted by molar-refractivity contribution is -0.152. The van der Waals surface area contributed by atoms with Crippen molar-refractivity contribution in [2.45, 2.75) is 71.6 Å². The van der Waals surface area contributed by atoms with Crippen LogP contribution in [0, 0.1) is 23.7 Å². The van der Waals surface area contributed by atoms with Gasteiger partial charge in [0, 0.05) is 6.04 Å². The van der Waals surface area contributed by atoms with Crippen LogP contribution in [0.2, 0.25) is 0 Å². The molecule has 5 nitrogen and oxygen atoms in total. The number of hydrogen-bond donors (Lipinski definition) is 2. The quantitative estimate of drug-likeness (QED) is 0.723. The monoisotopic (exact) mass is 346 g/mol. The number of nitrogens with two attached hydrogens (primary N) is 1. The van der Waals surface area contributed by atoms with E-state index in [1.54, 1.807) is 0 Å². The Hall–Kier alpha value is -0.810. The zero-order chi connectivity index (χ0) is 16.4. The predicted octanol–water partition coefficient (Wildman–Crippen LogP) is 2.26. The fourth-order valence-electron chi connectivity index (χ4n) is 3.99. The highest BCUT2D eigenvalue weighted by molar-refractivity contribution is 5.86. The first-order valence-corrected chi connectivity index (χ1v) is 8.56. The zero-order valence-corrected chi connectivity index (χ0v) is 15.4. The first-order valence-electron chi connectivity index (χ1n) is 8.56. The van der Waals surface area contributed by atoms with Gasteiger partial charge in [-0.15, -0.1) is 12.4 Å². The molecule has 2 rings (SSSR count). The van der Waals surface area contributed by atoms with Crippen LogP contribution in [0.5, 0.6) is 0 Å². The second-order valence-electron chi connectivity index (χ2n) is 7.61. The number of halogens is 1. The van der Waals surface area contributed by atoms with Gasteiger partial charge >= 0.3 is 5.97 Å². The summed E-state index contributed by atoms with van der Waals surface area (Å²) in [4.78, 5) is 24.8. The Morgan fingerprint density at radius 2 is 1.78 bits per heavy atom. The standard InChI is InChI=1S/C17H30N2O3.ClH/c1-9(2)7-13(17(21)22-10(3)4)19-16(20)14-11-5-6-12(8-11)15(14)18;/h9-15H,5-8,18H2,1-4H3,(H,19,20);1H/t11?,12?,13-,14?,15?;/m0./s1. The summed E-state index contributed by atoms with van der Waals surface area (Å²) in [5, 5.41) is 2.92. The summed E-state index contributed by atoms with van der Waals surface area (Å²) in [5.74, 6) is 0.631. The third-order valence-electron chi connectivity index (χ3n) is 4.94. The first-order chi connectivity index (χ1) is 10.3. The van der Waals surface area contributed by atoms with E-state index in [2.05, 4.69) is 5.32 Å². The van der Waals surface area contributed by atoms with Crippen molar-refractivity contribution in [2.24, 2.45) is 29.4 Å². The van der Waals surface area contributed by atoms with Crippen LogP contribution < -0.4 is 11.1 Å². The maximum atomic E-state index is 12.6. The highest BCUT2D eigenvalue weighted by atomic mass is 35.5. The van der Waals surface area contributed by atoms with Crippen molar-refractivity contribution in [1.82, 2.24) is 5.32 Å². The van der Waals surface area contributed by atoms with Gasteiger partial charge < -0.3 is 15.8 Å². The molecular formula is C17H31ClN2O3. The van der Waals surface area contributed by atoms with Crippen molar-refractivity contribution in [3.05, 3.63) is 0 Å². The van der Waals surface area contributed by atoms with Gasteiger partial charge in [0.2, 0.25) is 5.91 Å². The van der Waals surface area contributed by atoms with E-state index in [1.807, 2.05) is 27.7 Å². The van der Waals surface area contributed by atoms with Crippen molar-refractivity contribution in [3.8, 4) is 0 Å². The fourth-order valence-corrected chi connectivity index (χ4v) is 3.99. The van der Waals surface area contributed by atoms with Gasteiger partial charge in [-0.3, -0.25) is 4.79 Å². The van der Waals surface area contributed by atoms with Gasteiger partial charge in [-0.2, -0.15) is 0 Å². The van der Waals surface area contributed by atoms with E-state index in [4.69, 9.17) is 10.5 Å². The number of ether oxygens (including phenoxy) is 1. The molecular weight excluding hydrogens is 316 g/mol. The van der Waals surface area contributed by atoms with E-state index < -0.39 is 6.04 Å². The van der Waals surface area contributed by atoms with E-state index in [0.717, 1.165) is 19.3 Å². The number of esters is 1. The molecule has 2 fully saturated rings. The molecule has 0 aromatic heterocycles. The van der Waals surface area contributed by atoms with Gasteiger partial charge in [-0.05, 0) is 57.3 Å². The number of nitrogens with one attached hydrogen (secondary N) is 1. The molecule has 0 saturated heterocycles. The fraction of sp³-hybridized carbons (Fsp3) is 0.882. The smallest absolute Gasteiger partial charge is 0.328 e. The van der Waals surface area contributed by atoms with Crippen LogP contribution in [0.3, 0.4) is 0 Å². The van der Waals surface area contributed by atoms with Gasteiger partial charge in [0.05, 0.1) is 12.0 Å². The largest absolute Gasteiger partial charge is 0.461 e. The predicted molar refractivity (Wildman–Crippen MR) is 92.2 cm³/mol. The maximum Gasteiger partial charge on any atom is 0.328 e. The molecule has 2 saturated carbocycles. The average molecular weight is 347 g/mol. The topological polar surface area (TPSA) is 81.4 Å². The lowest BCUT2D eigenvalue weighted by Gasteiger charge is -2.29. The summed E-state index contributed by atoms with van der Waals surface area (Å²) in [7, 11) is 0. The van der Waals surface area contributed by atoms with Gasteiger partial charge in [-0.1, -0.05) is 13.8 Å². The molecule has 1 amide bonds. The number of rotatable bonds is 6. The van der Waals surface area contributed by atoms with Crippen LogP contribution >= 0.6 is 12.4 Å². The summed E-state index contributed by atoms with van der Waals surface area (Å²) in [6.07, 6.45) is 3.70. The zero-order valence-electron chi connectivity index (χ0n) is 14.6. The summed E-state index contributed by atoms with van der Waals surface area (Å²) in [5.41, 5.74) is 6.22. The van der Waals surface area contributed by atoms with Crippen molar-refractivity contribution >= 4 is 24.3 Å². The summed E-state index contributed by atoms with van der Waals surface area (Å²) >= 11 is 0. The summed E-state index contributed by atoms with van der Waals surface area (Å²) in [6.45, 7) is 7.70. The van der Waals surface area contributed by atoms with Gasteiger partial charge in [0.25, 0.3) is 0 Å². The summed E-state index contributed by atoms with van der Waals surface area (Å²) < 4.78 is 5.28. The maximum absolute atomic E-state index is 12.6. The molecule has 134 valence electrons. The number of carbonyl (C=O) groups excluding carboxylic acids is 2. The van der Waals surface area contributed by atoms with Crippen molar-refractivity contribution in [3.63, 3.8) is 0 Å². The van der Waals surface area contributed by atoms with Crippen molar-refractivity contribution in [2.75, 3.05) is 0 Å². The van der Waals surface area contributed by atoms with Crippen LogP contribution in [0.15, 0.2) is 0 Å². The van der Waals surface area contributed by atoms with E-state index in [9.17, 15) is 9.59 Å². The summed E-state index contributed by atoms with van der Waals surface area (Å²) in [6, 6.07) is -0.624. The molecule has 6 heteroatoms. The van der Waals surface area contributed by atoms with E-state index in [0.29, 0.717) is 24.2 Å². The van der Waals surface area contributed by atoms with Crippen molar-refractivity contribution < 1.29 is 14.3 Å². The van der Waals surface area contributed by atoms with Gasteiger partial charge in [0.15, 0.2) is 0 Å². The number of carbonyl (C=O) groups is 2. The Balaban J connectivity index is 0.00000264. The SMILES string of the molecule is CC(C)C[C@H](NC(=O)C1C2CCC(C2)C1N)C(=O)OC(C)C.Cl. The average Bonchev–Trinajstić information content (AvgIpc) is 2.96. The van der Waals surface area contributed by atoms with Crippen LogP contribution in [0.25, 0.3) is 0 Å². The molecule has 4 unspecified atom stereocenters. The van der Waals surface area contributed by atoms with E-state index >= 15 is 0 Å². The molecule has 2 aliphatic carbocycles. The molecule has 0 heterocycles. The first kappa shape index (κ1) is 20.2. The Morgan fingerprint density at radius 3 is 2.26 bits per heavy atom. The van der Waals surface area contributed by atoms with Crippen molar-refractivity contribution in [1.29, 1.82) is 0 Å². The second-order valence-corrected chi connectivity index (χ2v) is 7.61. The third-order valence-corrected chi connectivity index (χ3v) is 4.94. The molecule has 2 aliphatic rings. The lowest BCUT2D eigenvalue weighted by atomic mass is 9.84. The highest BCUT2D eigenvalue weighted by Crippen LogP contribution is 2.47. The van der Waals surface area contributed by atoms with Crippen LogP contribution in [0.1, 0.15) is 53.4 Å². The molecule has 0 aliphatic heterocycles. The molecule has 23 heavy (non-hydrogen) atoms. The Labute approximate surface area is 145 Å². The minimum absolute atomic E-state index is 0.